The van der Waals surface area contributed by atoms with Gasteiger partial charge < -0.3 is 4.90 Å². The monoisotopic (exact) mass is 325 g/mol. The molecule has 2 atom stereocenters. The first-order chi connectivity index (χ1) is 11.5. The maximum Gasteiger partial charge on any atom is 0.257 e. The molecule has 0 aliphatic heterocycles. The molecule has 0 saturated heterocycles. The number of aryl methyl sites for hydroxylation is 2. The summed E-state index contributed by atoms with van der Waals surface area (Å²) < 4.78 is 1.80. The zero-order valence-electron chi connectivity index (χ0n) is 15.1. The van der Waals surface area contributed by atoms with Crippen molar-refractivity contribution in [3.63, 3.8) is 0 Å². The first kappa shape index (κ1) is 16.7. The molecule has 4 nitrogen and oxygen atoms in total. The van der Waals surface area contributed by atoms with Crippen molar-refractivity contribution < 1.29 is 4.79 Å². The van der Waals surface area contributed by atoms with Gasteiger partial charge >= 0.3 is 0 Å². The lowest BCUT2D eigenvalue weighted by Crippen LogP contribution is -2.40. The van der Waals surface area contributed by atoms with Crippen LogP contribution in [0.2, 0.25) is 0 Å². The Morgan fingerprint density at radius 2 is 1.96 bits per heavy atom. The summed E-state index contributed by atoms with van der Waals surface area (Å²) in [5, 5.41) is 4.40. The van der Waals surface area contributed by atoms with Crippen molar-refractivity contribution in [1.29, 1.82) is 0 Å². The Kier molecular flexibility index (Phi) is 4.74. The van der Waals surface area contributed by atoms with Crippen LogP contribution in [-0.2, 0) is 13.5 Å². The van der Waals surface area contributed by atoms with Gasteiger partial charge in [0, 0.05) is 25.8 Å². The predicted molar refractivity (Wildman–Crippen MR) is 96.1 cm³/mol. The summed E-state index contributed by atoms with van der Waals surface area (Å²) in [6.07, 6.45) is 4.54. The van der Waals surface area contributed by atoms with Crippen LogP contribution in [-0.4, -0.2) is 33.7 Å². The summed E-state index contributed by atoms with van der Waals surface area (Å²) >= 11 is 0. The maximum atomic E-state index is 13.1. The average molecular weight is 325 g/mol. The molecule has 1 heterocycles. The number of benzene rings is 1. The molecule has 0 spiro atoms. The Bertz CT molecular complexity index is 720. The molecule has 1 amide bonds. The van der Waals surface area contributed by atoms with E-state index in [1.54, 1.807) is 4.68 Å². The van der Waals surface area contributed by atoms with E-state index < -0.39 is 0 Å². The zero-order chi connectivity index (χ0) is 17.3. The van der Waals surface area contributed by atoms with Crippen molar-refractivity contribution in [2.75, 3.05) is 7.05 Å². The van der Waals surface area contributed by atoms with Crippen LogP contribution in [0.5, 0.6) is 0 Å². The number of rotatable bonds is 4. The van der Waals surface area contributed by atoms with Crippen molar-refractivity contribution in [2.45, 2.75) is 45.6 Å². The summed E-state index contributed by atoms with van der Waals surface area (Å²) in [4.78, 5) is 15.0. The minimum absolute atomic E-state index is 0.114. The molecule has 1 saturated carbocycles. The van der Waals surface area contributed by atoms with Crippen LogP contribution in [0.3, 0.4) is 0 Å². The molecule has 1 fully saturated rings. The summed E-state index contributed by atoms with van der Waals surface area (Å²) in [5.74, 6) is 0.654. The minimum Gasteiger partial charge on any atom is -0.338 e. The Balaban J connectivity index is 1.78. The van der Waals surface area contributed by atoms with E-state index in [1.165, 1.54) is 18.4 Å². The number of aromatic nitrogens is 2. The second-order valence-corrected chi connectivity index (χ2v) is 7.03. The van der Waals surface area contributed by atoms with Gasteiger partial charge in [-0.2, -0.15) is 5.10 Å². The third-order valence-electron chi connectivity index (χ3n) is 5.50. The Morgan fingerprint density at radius 3 is 2.58 bits per heavy atom. The zero-order valence-corrected chi connectivity index (χ0v) is 15.1. The first-order valence-electron chi connectivity index (χ1n) is 8.80. The molecule has 0 radical (unpaired) electrons. The molecular weight excluding hydrogens is 298 g/mol. The Hall–Kier alpha value is -2.10. The molecule has 1 aromatic heterocycles. The van der Waals surface area contributed by atoms with Crippen LogP contribution in [0.1, 0.15) is 46.6 Å². The van der Waals surface area contributed by atoms with E-state index in [9.17, 15) is 4.79 Å². The molecule has 0 N–H and O–H groups in total. The van der Waals surface area contributed by atoms with E-state index in [1.807, 2.05) is 32.8 Å². The lowest BCUT2D eigenvalue weighted by Gasteiger charge is -2.30. The van der Waals surface area contributed by atoms with Gasteiger partial charge in [-0.3, -0.25) is 9.48 Å². The van der Waals surface area contributed by atoms with Crippen LogP contribution in [0.4, 0.5) is 0 Å². The molecule has 0 bridgehead atoms. The molecule has 4 heteroatoms. The second kappa shape index (κ2) is 6.80. The van der Waals surface area contributed by atoms with E-state index in [0.29, 0.717) is 12.0 Å². The molecule has 24 heavy (non-hydrogen) atoms. The van der Waals surface area contributed by atoms with E-state index in [-0.39, 0.29) is 5.91 Å². The molecule has 3 rings (SSSR count). The average Bonchev–Trinajstić information content (AvgIpc) is 3.12. The SMILES string of the molecule is Cc1nn(C)c(C)c1C(=O)N(C)[C@H]1CCC[C@@H]1Cc1ccccc1. The summed E-state index contributed by atoms with van der Waals surface area (Å²) in [5.41, 5.74) is 3.90. The Morgan fingerprint density at radius 1 is 1.25 bits per heavy atom. The van der Waals surface area contributed by atoms with Gasteiger partial charge in [0.15, 0.2) is 0 Å². The van der Waals surface area contributed by atoms with Gasteiger partial charge in [-0.05, 0) is 44.6 Å². The highest BCUT2D eigenvalue weighted by molar-refractivity contribution is 5.96. The highest BCUT2D eigenvalue weighted by Gasteiger charge is 2.34. The number of hydrogen-bond acceptors (Lipinski definition) is 2. The molecule has 1 aromatic carbocycles. The third kappa shape index (κ3) is 3.10. The van der Waals surface area contributed by atoms with Gasteiger partial charge in [0.2, 0.25) is 0 Å². The molecule has 128 valence electrons. The van der Waals surface area contributed by atoms with Crippen LogP contribution in [0.25, 0.3) is 0 Å². The van der Waals surface area contributed by atoms with E-state index in [2.05, 4.69) is 35.4 Å². The fraction of sp³-hybridized carbons (Fsp3) is 0.500. The number of carbonyl (C=O) groups is 1. The largest absolute Gasteiger partial charge is 0.338 e. The minimum atomic E-state index is 0.114. The van der Waals surface area contributed by atoms with E-state index >= 15 is 0 Å². The summed E-state index contributed by atoms with van der Waals surface area (Å²) in [6.45, 7) is 3.89. The number of amides is 1. The van der Waals surface area contributed by atoms with Gasteiger partial charge in [0.25, 0.3) is 5.91 Å². The van der Waals surface area contributed by atoms with Crippen LogP contribution in [0, 0.1) is 19.8 Å². The first-order valence-corrected chi connectivity index (χ1v) is 8.80. The highest BCUT2D eigenvalue weighted by atomic mass is 16.2. The molecule has 1 aliphatic carbocycles. The normalized spacial score (nSPS) is 20.3. The van der Waals surface area contributed by atoms with Crippen molar-refractivity contribution in [3.05, 3.63) is 52.8 Å². The number of carbonyl (C=O) groups excluding carboxylic acids is 1. The van der Waals surface area contributed by atoms with Gasteiger partial charge in [-0.1, -0.05) is 36.8 Å². The van der Waals surface area contributed by atoms with Crippen molar-refractivity contribution >= 4 is 5.91 Å². The van der Waals surface area contributed by atoms with Gasteiger partial charge in [0.05, 0.1) is 11.3 Å². The predicted octanol–water partition coefficient (Wildman–Crippen LogP) is 3.52. The smallest absolute Gasteiger partial charge is 0.257 e. The maximum absolute atomic E-state index is 13.1. The topological polar surface area (TPSA) is 38.1 Å². The second-order valence-electron chi connectivity index (χ2n) is 7.03. The van der Waals surface area contributed by atoms with Crippen molar-refractivity contribution in [2.24, 2.45) is 13.0 Å². The van der Waals surface area contributed by atoms with Gasteiger partial charge in [0.1, 0.15) is 0 Å². The highest BCUT2D eigenvalue weighted by Crippen LogP contribution is 2.33. The lowest BCUT2D eigenvalue weighted by atomic mass is 9.93. The summed E-state index contributed by atoms with van der Waals surface area (Å²) in [7, 11) is 3.86. The van der Waals surface area contributed by atoms with Gasteiger partial charge in [-0.15, -0.1) is 0 Å². The molecular formula is C20H27N3O. The van der Waals surface area contributed by atoms with Crippen molar-refractivity contribution in [3.8, 4) is 0 Å². The molecule has 0 unspecified atom stereocenters. The third-order valence-corrected chi connectivity index (χ3v) is 5.50. The number of nitrogens with zero attached hydrogens (tertiary/aromatic N) is 3. The van der Waals surface area contributed by atoms with Crippen LogP contribution < -0.4 is 0 Å². The number of hydrogen-bond donors (Lipinski definition) is 0. The lowest BCUT2D eigenvalue weighted by molar-refractivity contribution is 0.0694. The van der Waals surface area contributed by atoms with E-state index in [0.717, 1.165) is 29.8 Å². The fourth-order valence-corrected chi connectivity index (χ4v) is 4.09. The van der Waals surface area contributed by atoms with Crippen LogP contribution in [0.15, 0.2) is 30.3 Å². The quantitative estimate of drug-likeness (QED) is 0.862. The molecule has 2 aromatic rings. The van der Waals surface area contributed by atoms with E-state index in [4.69, 9.17) is 0 Å². The Labute approximate surface area is 144 Å². The summed E-state index contributed by atoms with van der Waals surface area (Å²) in [6, 6.07) is 10.9. The van der Waals surface area contributed by atoms with Crippen LogP contribution >= 0.6 is 0 Å². The van der Waals surface area contributed by atoms with Crippen molar-refractivity contribution in [1.82, 2.24) is 14.7 Å². The standard InChI is InChI=1S/C20H27N3O/c1-14-19(15(2)23(4)21-14)20(24)22(3)18-12-8-11-17(18)13-16-9-6-5-7-10-16/h5-7,9-10,17-18H,8,11-13H2,1-4H3/t17-,18+/m1/s1. The molecule has 1 aliphatic rings. The van der Waals surface area contributed by atoms with Gasteiger partial charge in [-0.25, -0.2) is 0 Å². The fourth-order valence-electron chi connectivity index (χ4n) is 4.09.